The molecule has 1 aliphatic rings. The maximum atomic E-state index is 10.6. The number of benzene rings is 2. The Bertz CT molecular complexity index is 1040. The van der Waals surface area contributed by atoms with E-state index in [1.807, 2.05) is 54.0 Å². The third kappa shape index (κ3) is 2.23. The Balaban J connectivity index is 1.97. The maximum absolute atomic E-state index is 10.6. The van der Waals surface area contributed by atoms with Crippen LogP contribution in [-0.4, -0.2) is 9.67 Å². The Labute approximate surface area is 137 Å². The van der Waals surface area contributed by atoms with Gasteiger partial charge in [-0.05, 0) is 43.3 Å². The zero-order valence-electron chi connectivity index (χ0n) is 12.5. The van der Waals surface area contributed by atoms with Gasteiger partial charge in [0.25, 0.3) is 0 Å². The van der Waals surface area contributed by atoms with Crippen molar-refractivity contribution in [1.29, 1.82) is 0 Å². The van der Waals surface area contributed by atoms with Crippen molar-refractivity contribution in [3.05, 3.63) is 69.6 Å². The van der Waals surface area contributed by atoms with Crippen molar-refractivity contribution in [3.63, 3.8) is 0 Å². The van der Waals surface area contributed by atoms with Crippen molar-refractivity contribution < 1.29 is 5.11 Å². The zero-order valence-corrected chi connectivity index (χ0v) is 13.2. The van der Waals surface area contributed by atoms with E-state index in [1.165, 1.54) is 0 Å². The summed E-state index contributed by atoms with van der Waals surface area (Å²) in [5.74, 6) is 0.787. The van der Waals surface area contributed by atoms with Crippen molar-refractivity contribution in [2.75, 3.05) is 0 Å². The lowest BCUT2D eigenvalue weighted by Crippen LogP contribution is -2.19. The molecule has 2 aromatic carbocycles. The van der Waals surface area contributed by atoms with Crippen LogP contribution >= 0.6 is 11.6 Å². The van der Waals surface area contributed by atoms with E-state index in [4.69, 9.17) is 11.6 Å². The second-order valence-electron chi connectivity index (χ2n) is 5.36. The Kier molecular flexibility index (Phi) is 3.20. The third-order valence-electron chi connectivity index (χ3n) is 3.98. The number of aromatic nitrogens is 1. The number of hydrogen-bond acceptors (Lipinski definition) is 3. The fourth-order valence-electron chi connectivity index (χ4n) is 2.92. The first-order valence-electron chi connectivity index (χ1n) is 7.42. The highest BCUT2D eigenvalue weighted by atomic mass is 35.5. The number of rotatable bonds is 2. The van der Waals surface area contributed by atoms with Gasteiger partial charge in [-0.3, -0.25) is 0 Å². The molecule has 0 spiro atoms. The Hall–Kier alpha value is -2.59. The lowest BCUT2D eigenvalue weighted by Gasteiger charge is -2.01. The van der Waals surface area contributed by atoms with Gasteiger partial charge in [0, 0.05) is 22.5 Å². The summed E-state index contributed by atoms with van der Waals surface area (Å²) in [5, 5.41) is 13.8. The van der Waals surface area contributed by atoms with E-state index < -0.39 is 0 Å². The molecule has 0 bridgehead atoms. The monoisotopic (exact) mass is 323 g/mol. The largest absolute Gasteiger partial charge is 0.494 e. The molecule has 0 atom stereocenters. The van der Waals surface area contributed by atoms with Gasteiger partial charge in [0.1, 0.15) is 0 Å². The number of aromatic hydroxyl groups is 1. The van der Waals surface area contributed by atoms with Crippen molar-refractivity contribution in [2.24, 2.45) is 9.98 Å². The van der Waals surface area contributed by atoms with E-state index in [0.717, 1.165) is 21.6 Å². The number of para-hydroxylation sites is 2. The fourth-order valence-corrected chi connectivity index (χ4v) is 3.09. The highest BCUT2D eigenvalue weighted by Crippen LogP contribution is 2.34. The van der Waals surface area contributed by atoms with Crippen LogP contribution in [0.2, 0.25) is 5.02 Å². The molecule has 0 fully saturated rings. The highest BCUT2D eigenvalue weighted by molar-refractivity contribution is 6.31. The molecule has 0 saturated carbocycles. The Morgan fingerprint density at radius 2 is 1.83 bits per heavy atom. The molecule has 5 heteroatoms. The molecule has 4 rings (SSSR count). The Morgan fingerprint density at radius 1 is 1.13 bits per heavy atom. The van der Waals surface area contributed by atoms with Crippen LogP contribution in [0.1, 0.15) is 12.5 Å². The minimum Gasteiger partial charge on any atom is -0.494 e. The predicted octanol–water partition coefficient (Wildman–Crippen LogP) is 3.27. The van der Waals surface area contributed by atoms with Crippen LogP contribution in [0.25, 0.3) is 17.0 Å². The van der Waals surface area contributed by atoms with Crippen LogP contribution in [0.3, 0.4) is 0 Å². The molecule has 23 heavy (non-hydrogen) atoms. The van der Waals surface area contributed by atoms with Gasteiger partial charge >= 0.3 is 0 Å². The summed E-state index contributed by atoms with van der Waals surface area (Å²) in [7, 11) is 0. The smallest absolute Gasteiger partial charge is 0.199 e. The number of hydrogen-bond donors (Lipinski definition) is 1. The first-order valence-corrected chi connectivity index (χ1v) is 7.80. The average molecular weight is 324 g/mol. The molecule has 1 aromatic heterocycles. The second-order valence-corrected chi connectivity index (χ2v) is 5.79. The number of nitrogens with zero attached hydrogens (tertiary/aromatic N) is 3. The average Bonchev–Trinajstić information content (AvgIpc) is 3.07. The van der Waals surface area contributed by atoms with E-state index in [0.29, 0.717) is 23.0 Å². The molecule has 0 saturated heterocycles. The zero-order chi connectivity index (χ0) is 16.0. The first-order chi connectivity index (χ1) is 11.2. The minimum absolute atomic E-state index is 0.207. The topological polar surface area (TPSA) is 49.9 Å². The summed E-state index contributed by atoms with van der Waals surface area (Å²) < 4.78 is 1.85. The van der Waals surface area contributed by atoms with Gasteiger partial charge in [0.15, 0.2) is 11.7 Å². The van der Waals surface area contributed by atoms with Crippen molar-refractivity contribution in [3.8, 4) is 5.88 Å². The lowest BCUT2D eigenvalue weighted by atomic mass is 10.1. The van der Waals surface area contributed by atoms with Gasteiger partial charge in [0.2, 0.25) is 0 Å². The molecule has 4 nitrogen and oxygen atoms in total. The van der Waals surface area contributed by atoms with E-state index in [1.54, 1.807) is 6.08 Å². The van der Waals surface area contributed by atoms with Crippen LogP contribution in [0, 0.1) is 0 Å². The molecule has 0 amide bonds. The van der Waals surface area contributed by atoms with Crippen LogP contribution in [0.5, 0.6) is 5.88 Å². The van der Waals surface area contributed by atoms with Gasteiger partial charge in [-0.1, -0.05) is 23.7 Å². The lowest BCUT2D eigenvalue weighted by molar-refractivity contribution is 0.424. The summed E-state index contributed by atoms with van der Waals surface area (Å²) in [6.07, 6.45) is 1.81. The normalized spacial score (nSPS) is 12.9. The first kappa shape index (κ1) is 14.0. The second kappa shape index (κ2) is 5.25. The van der Waals surface area contributed by atoms with Crippen LogP contribution in [0.4, 0.5) is 0 Å². The van der Waals surface area contributed by atoms with Crippen LogP contribution < -0.4 is 10.7 Å². The highest BCUT2D eigenvalue weighted by Gasteiger charge is 2.15. The molecule has 0 unspecified atom stereocenters. The maximum Gasteiger partial charge on any atom is 0.199 e. The van der Waals surface area contributed by atoms with E-state index in [9.17, 15) is 5.11 Å². The molecule has 114 valence electrons. The quantitative estimate of drug-likeness (QED) is 0.773. The van der Waals surface area contributed by atoms with Crippen molar-refractivity contribution >= 4 is 28.6 Å². The fraction of sp³-hybridized carbons (Fsp3) is 0.111. The number of halogens is 1. The molecule has 1 aliphatic heterocycles. The van der Waals surface area contributed by atoms with Gasteiger partial charge in [0.05, 0.1) is 16.2 Å². The van der Waals surface area contributed by atoms with Gasteiger partial charge in [-0.15, -0.1) is 0 Å². The molecular weight excluding hydrogens is 310 g/mol. The molecular formula is C18H14ClN3O. The summed E-state index contributed by atoms with van der Waals surface area (Å²) >= 11 is 6.13. The van der Waals surface area contributed by atoms with Gasteiger partial charge in [-0.2, -0.15) is 0 Å². The molecule has 0 radical (unpaired) electrons. The number of fused-ring (bicyclic) bond motifs is 2. The van der Waals surface area contributed by atoms with Crippen molar-refractivity contribution in [2.45, 2.75) is 13.5 Å². The SMILES string of the molecule is CCn1c(O)c(C=C2N=c3ccccc3=N2)c2cc(Cl)ccc21. The Morgan fingerprint density at radius 3 is 2.48 bits per heavy atom. The van der Waals surface area contributed by atoms with Gasteiger partial charge < -0.3 is 9.67 Å². The molecule has 0 aliphatic carbocycles. The molecule has 3 aromatic rings. The van der Waals surface area contributed by atoms with E-state index in [2.05, 4.69) is 9.98 Å². The summed E-state index contributed by atoms with van der Waals surface area (Å²) in [4.78, 5) is 8.99. The van der Waals surface area contributed by atoms with E-state index >= 15 is 0 Å². The predicted molar refractivity (Wildman–Crippen MR) is 91.0 cm³/mol. The summed E-state index contributed by atoms with van der Waals surface area (Å²) in [6, 6.07) is 13.3. The minimum atomic E-state index is 0.207. The van der Waals surface area contributed by atoms with Crippen molar-refractivity contribution in [1.82, 2.24) is 4.57 Å². The van der Waals surface area contributed by atoms with Crippen LogP contribution in [0.15, 0.2) is 58.3 Å². The number of aryl methyl sites for hydroxylation is 1. The standard InChI is InChI=1S/C18H14ClN3O/c1-2-22-16-8-7-11(19)9-12(16)13(18(22)23)10-17-20-14-5-3-4-6-15(14)21-17/h3-10,23H,2H2,1H3. The summed E-state index contributed by atoms with van der Waals surface area (Å²) in [5.41, 5.74) is 1.64. The molecule has 2 heterocycles. The summed E-state index contributed by atoms with van der Waals surface area (Å²) in [6.45, 7) is 2.66. The third-order valence-corrected chi connectivity index (χ3v) is 4.21. The molecule has 1 N–H and O–H groups in total. The van der Waals surface area contributed by atoms with Gasteiger partial charge in [-0.25, -0.2) is 9.98 Å². The van der Waals surface area contributed by atoms with Crippen LogP contribution in [-0.2, 0) is 6.54 Å². The van der Waals surface area contributed by atoms with E-state index in [-0.39, 0.29) is 5.88 Å².